The van der Waals surface area contributed by atoms with E-state index in [4.69, 9.17) is 0 Å². The summed E-state index contributed by atoms with van der Waals surface area (Å²) in [5.74, 6) is 0.663. The third-order valence-corrected chi connectivity index (χ3v) is 3.78. The van der Waals surface area contributed by atoms with Crippen molar-refractivity contribution in [1.29, 1.82) is 0 Å². The summed E-state index contributed by atoms with van der Waals surface area (Å²) >= 11 is 4.99. The molecular formula is C9H10BrN5S. The van der Waals surface area contributed by atoms with Crippen molar-refractivity contribution >= 4 is 32.4 Å². The molecule has 84 valence electrons. The Morgan fingerprint density at radius 3 is 3.00 bits per heavy atom. The van der Waals surface area contributed by atoms with Crippen LogP contribution in [0.2, 0.25) is 0 Å². The summed E-state index contributed by atoms with van der Waals surface area (Å²) in [5.41, 5.74) is 1.77. The van der Waals surface area contributed by atoms with Gasteiger partial charge in [0.2, 0.25) is 5.13 Å². The maximum atomic E-state index is 4.25. The molecule has 0 spiro atoms. The first kappa shape index (κ1) is 10.2. The Labute approximate surface area is 105 Å². The Hall–Kier alpha value is -0.950. The van der Waals surface area contributed by atoms with Gasteiger partial charge in [-0.05, 0) is 15.9 Å². The summed E-state index contributed by atoms with van der Waals surface area (Å²) in [7, 11) is 0. The first-order valence-corrected chi connectivity index (χ1v) is 6.67. The van der Waals surface area contributed by atoms with Crippen LogP contribution < -0.4 is 4.90 Å². The number of rotatable bonds is 3. The lowest BCUT2D eigenvalue weighted by atomic mass is 10.0. The highest BCUT2D eigenvalue weighted by molar-refractivity contribution is 9.10. The maximum absolute atomic E-state index is 4.25. The summed E-state index contributed by atoms with van der Waals surface area (Å²) in [4.78, 5) is 2.25. The predicted octanol–water partition coefficient (Wildman–Crippen LogP) is 1.63. The molecule has 0 atom stereocenters. The fourth-order valence-electron chi connectivity index (χ4n) is 1.85. The van der Waals surface area contributed by atoms with Crippen LogP contribution in [0.5, 0.6) is 0 Å². The minimum absolute atomic E-state index is 0.663. The van der Waals surface area contributed by atoms with Crippen LogP contribution in [0.15, 0.2) is 22.4 Å². The van der Waals surface area contributed by atoms with Gasteiger partial charge in [0.25, 0.3) is 0 Å². The van der Waals surface area contributed by atoms with E-state index in [0.717, 1.165) is 29.2 Å². The van der Waals surface area contributed by atoms with Crippen molar-refractivity contribution in [3.63, 3.8) is 0 Å². The van der Waals surface area contributed by atoms with Crippen molar-refractivity contribution in [1.82, 2.24) is 20.0 Å². The SMILES string of the molecule is Brc1cnn(CC2CN(c3nncs3)C2)c1. The molecule has 3 heterocycles. The van der Waals surface area contributed by atoms with Gasteiger partial charge in [-0.15, -0.1) is 10.2 Å². The monoisotopic (exact) mass is 299 g/mol. The van der Waals surface area contributed by atoms with Crippen LogP contribution in [-0.2, 0) is 6.54 Å². The molecule has 2 aromatic rings. The molecule has 0 bridgehead atoms. The molecule has 5 nitrogen and oxygen atoms in total. The van der Waals surface area contributed by atoms with Gasteiger partial charge in [-0.25, -0.2) is 0 Å². The van der Waals surface area contributed by atoms with Gasteiger partial charge >= 0.3 is 0 Å². The van der Waals surface area contributed by atoms with Crippen molar-refractivity contribution in [2.24, 2.45) is 5.92 Å². The minimum Gasteiger partial charge on any atom is -0.346 e. The molecule has 1 saturated heterocycles. The number of halogens is 1. The van der Waals surface area contributed by atoms with Gasteiger partial charge in [0.1, 0.15) is 5.51 Å². The molecule has 1 aliphatic rings. The topological polar surface area (TPSA) is 46.8 Å². The first-order chi connectivity index (χ1) is 7.81. The van der Waals surface area contributed by atoms with Crippen LogP contribution in [0.4, 0.5) is 5.13 Å². The molecular weight excluding hydrogens is 290 g/mol. The zero-order valence-corrected chi connectivity index (χ0v) is 10.9. The lowest BCUT2D eigenvalue weighted by Crippen LogP contribution is -2.48. The molecule has 0 N–H and O–H groups in total. The lowest BCUT2D eigenvalue weighted by molar-refractivity contribution is 0.341. The van der Waals surface area contributed by atoms with E-state index in [9.17, 15) is 0 Å². The Morgan fingerprint density at radius 2 is 2.38 bits per heavy atom. The second-order valence-electron chi connectivity index (χ2n) is 3.87. The first-order valence-electron chi connectivity index (χ1n) is 5.00. The molecule has 0 aromatic carbocycles. The molecule has 0 aliphatic carbocycles. The Balaban J connectivity index is 1.54. The molecule has 0 unspecified atom stereocenters. The van der Waals surface area contributed by atoms with Crippen molar-refractivity contribution in [3.05, 3.63) is 22.4 Å². The highest BCUT2D eigenvalue weighted by Gasteiger charge is 2.29. The fourth-order valence-corrected chi connectivity index (χ4v) is 2.76. The molecule has 0 saturated carbocycles. The molecule has 2 aromatic heterocycles. The molecule has 1 aliphatic heterocycles. The summed E-state index contributed by atoms with van der Waals surface area (Å²) in [6, 6.07) is 0. The van der Waals surface area contributed by atoms with Crippen LogP contribution in [0.25, 0.3) is 0 Å². The average Bonchev–Trinajstić information content (AvgIpc) is 2.82. The van der Waals surface area contributed by atoms with Crippen LogP contribution in [0.1, 0.15) is 0 Å². The second-order valence-corrected chi connectivity index (χ2v) is 5.60. The van der Waals surface area contributed by atoms with Gasteiger partial charge < -0.3 is 4.90 Å². The molecule has 0 amide bonds. The van der Waals surface area contributed by atoms with Gasteiger partial charge in [-0.3, -0.25) is 4.68 Å². The summed E-state index contributed by atoms with van der Waals surface area (Å²) in [6.07, 6.45) is 3.83. The number of aromatic nitrogens is 4. The summed E-state index contributed by atoms with van der Waals surface area (Å²) in [6.45, 7) is 3.07. The Morgan fingerprint density at radius 1 is 1.50 bits per heavy atom. The van der Waals surface area contributed by atoms with Gasteiger partial charge in [-0.2, -0.15) is 5.10 Å². The number of nitrogens with zero attached hydrogens (tertiary/aromatic N) is 5. The van der Waals surface area contributed by atoms with Crippen molar-refractivity contribution < 1.29 is 0 Å². The molecule has 3 rings (SSSR count). The zero-order chi connectivity index (χ0) is 11.0. The Kier molecular flexibility index (Phi) is 2.64. The standard InChI is InChI=1S/C9H10BrN5S/c10-8-1-12-15(5-8)4-7-2-14(3-7)9-13-11-6-16-9/h1,5-7H,2-4H2. The molecule has 0 radical (unpaired) electrons. The van der Waals surface area contributed by atoms with Gasteiger partial charge in [0.05, 0.1) is 10.7 Å². The zero-order valence-electron chi connectivity index (χ0n) is 8.45. The van der Waals surface area contributed by atoms with Crippen LogP contribution in [-0.4, -0.2) is 33.1 Å². The second kappa shape index (κ2) is 4.14. The lowest BCUT2D eigenvalue weighted by Gasteiger charge is -2.38. The van der Waals surface area contributed by atoms with Crippen LogP contribution in [0.3, 0.4) is 0 Å². The van der Waals surface area contributed by atoms with Crippen LogP contribution >= 0.6 is 27.3 Å². The average molecular weight is 300 g/mol. The highest BCUT2D eigenvalue weighted by Crippen LogP contribution is 2.26. The highest BCUT2D eigenvalue weighted by atomic mass is 79.9. The smallest absolute Gasteiger partial charge is 0.208 e. The van der Waals surface area contributed by atoms with E-state index in [1.54, 1.807) is 16.8 Å². The molecule has 16 heavy (non-hydrogen) atoms. The van der Waals surface area contributed by atoms with Crippen molar-refractivity contribution in [2.45, 2.75) is 6.54 Å². The van der Waals surface area contributed by atoms with E-state index in [-0.39, 0.29) is 0 Å². The number of hydrogen-bond donors (Lipinski definition) is 0. The van der Waals surface area contributed by atoms with E-state index >= 15 is 0 Å². The third kappa shape index (κ3) is 1.97. The van der Waals surface area contributed by atoms with E-state index in [2.05, 4.69) is 36.1 Å². The molecule has 1 fully saturated rings. The van der Waals surface area contributed by atoms with E-state index in [1.165, 1.54) is 0 Å². The van der Waals surface area contributed by atoms with Crippen LogP contribution in [0, 0.1) is 5.92 Å². The maximum Gasteiger partial charge on any atom is 0.208 e. The quantitative estimate of drug-likeness (QED) is 0.864. The largest absolute Gasteiger partial charge is 0.346 e. The number of anilines is 1. The minimum atomic E-state index is 0.663. The fraction of sp³-hybridized carbons (Fsp3) is 0.444. The predicted molar refractivity (Wildman–Crippen MR) is 65.5 cm³/mol. The van der Waals surface area contributed by atoms with E-state index < -0.39 is 0 Å². The number of hydrogen-bond acceptors (Lipinski definition) is 5. The van der Waals surface area contributed by atoms with Gasteiger partial charge in [0, 0.05) is 31.7 Å². The van der Waals surface area contributed by atoms with Crippen molar-refractivity contribution in [2.75, 3.05) is 18.0 Å². The molecule has 7 heteroatoms. The normalized spacial score (nSPS) is 16.4. The van der Waals surface area contributed by atoms with E-state index in [1.807, 2.05) is 17.1 Å². The third-order valence-electron chi connectivity index (χ3n) is 2.62. The Bertz CT molecular complexity index is 462. The summed E-state index contributed by atoms with van der Waals surface area (Å²) in [5, 5.41) is 13.2. The van der Waals surface area contributed by atoms with Gasteiger partial charge in [-0.1, -0.05) is 11.3 Å². The summed E-state index contributed by atoms with van der Waals surface area (Å²) < 4.78 is 3.01. The van der Waals surface area contributed by atoms with Crippen molar-refractivity contribution in [3.8, 4) is 0 Å². The van der Waals surface area contributed by atoms with Gasteiger partial charge in [0.15, 0.2) is 0 Å². The van der Waals surface area contributed by atoms with E-state index in [0.29, 0.717) is 5.92 Å².